The number of aliphatic carboxylic acids is 1. The summed E-state index contributed by atoms with van der Waals surface area (Å²) in [6.45, 7) is 0. The van der Waals surface area contributed by atoms with Crippen molar-refractivity contribution >= 4 is 23.6 Å². The van der Waals surface area contributed by atoms with Gasteiger partial charge in [-0.15, -0.1) is 0 Å². The quantitative estimate of drug-likeness (QED) is 0.275. The van der Waals surface area contributed by atoms with E-state index < -0.39 is 17.7 Å². The van der Waals surface area contributed by atoms with Gasteiger partial charge in [0.15, 0.2) is 11.7 Å². The molecular formula is C20H18N8O4. The Bertz CT molecular complexity index is 1480. The molecule has 0 spiro atoms. The zero-order valence-corrected chi connectivity index (χ0v) is 16.6. The summed E-state index contributed by atoms with van der Waals surface area (Å²) in [5, 5.41) is 27.2. The third-order valence-electron chi connectivity index (χ3n) is 4.91. The van der Waals surface area contributed by atoms with Crippen molar-refractivity contribution in [2.45, 2.75) is 24.9 Å². The van der Waals surface area contributed by atoms with E-state index in [1.54, 1.807) is 30.3 Å². The molecule has 32 heavy (non-hydrogen) atoms. The maximum atomic E-state index is 11.9. The largest absolute Gasteiger partial charge is 0.493 e. The fraction of sp³-hybridized carbons (Fsp3) is 0.200. The van der Waals surface area contributed by atoms with Crippen LogP contribution in [0.5, 0.6) is 5.88 Å². The Morgan fingerprint density at radius 2 is 2.03 bits per heavy atom. The van der Waals surface area contributed by atoms with Crippen LogP contribution in [0.4, 0.5) is 5.95 Å². The number of carboxylic acids is 1. The van der Waals surface area contributed by atoms with Gasteiger partial charge in [0, 0.05) is 5.22 Å². The fourth-order valence-corrected chi connectivity index (χ4v) is 3.21. The predicted octanol–water partition coefficient (Wildman–Crippen LogP) is -0.305. The lowest BCUT2D eigenvalue weighted by Gasteiger charge is -2.14. The Hall–Kier alpha value is -4.48. The number of aromatic hydroxyl groups is 1. The van der Waals surface area contributed by atoms with Crippen LogP contribution in [0.15, 0.2) is 46.3 Å². The van der Waals surface area contributed by atoms with Crippen molar-refractivity contribution in [1.82, 2.24) is 29.5 Å². The van der Waals surface area contributed by atoms with E-state index in [1.165, 1.54) is 16.8 Å². The standard InChI is InChI=1S/C20H18N8O4/c29-16-13(23-20(32)26-16)8-11-9-21-28-15(11)25-18(27-19(28)22-12-6-7-12)24-14(17(30)31)10-4-2-1-3-5-10/h1-5,8-9,12,14,29H,6-7H2,(H,30,31)(H,22,24,27)(H2,23,26,32). The second kappa shape index (κ2) is 7.65. The van der Waals surface area contributed by atoms with Crippen LogP contribution >= 0.6 is 0 Å². The van der Waals surface area contributed by atoms with Crippen LogP contribution in [0.2, 0.25) is 0 Å². The predicted molar refractivity (Wildman–Crippen MR) is 112 cm³/mol. The van der Waals surface area contributed by atoms with E-state index in [0.717, 1.165) is 12.8 Å². The van der Waals surface area contributed by atoms with Crippen molar-refractivity contribution in [2.75, 3.05) is 5.32 Å². The minimum absolute atomic E-state index is 0.0649. The average molecular weight is 434 g/mol. The monoisotopic (exact) mass is 434 g/mol. The number of carboxylic acid groups (broad SMARTS) is 1. The average Bonchev–Trinajstić information content (AvgIpc) is 3.41. The number of aromatic nitrogens is 6. The summed E-state index contributed by atoms with van der Waals surface area (Å²) in [7, 11) is 0. The second-order valence-electron chi connectivity index (χ2n) is 7.35. The molecule has 1 aliphatic carbocycles. The number of nitrogens with zero attached hydrogens (tertiary/aromatic N) is 5. The van der Waals surface area contributed by atoms with E-state index in [0.29, 0.717) is 16.4 Å². The number of fused-ring (bicyclic) bond motifs is 1. The summed E-state index contributed by atoms with van der Waals surface area (Å²) in [6.07, 6.45) is 4.87. The van der Waals surface area contributed by atoms with Gasteiger partial charge in [-0.3, -0.25) is 4.98 Å². The zero-order chi connectivity index (χ0) is 22.2. The molecule has 1 unspecified atom stereocenters. The number of hydrogen-bond donors (Lipinski definition) is 5. The molecule has 0 amide bonds. The molecule has 0 radical (unpaired) electrons. The third kappa shape index (κ3) is 3.80. The summed E-state index contributed by atoms with van der Waals surface area (Å²) in [5.74, 6) is -1.34. The summed E-state index contributed by atoms with van der Waals surface area (Å²) in [6, 6.07) is 7.75. The van der Waals surface area contributed by atoms with Gasteiger partial charge in [0.25, 0.3) is 5.62 Å². The Morgan fingerprint density at radius 1 is 1.25 bits per heavy atom. The van der Waals surface area contributed by atoms with Gasteiger partial charge in [0.05, 0.1) is 12.2 Å². The lowest BCUT2D eigenvalue weighted by molar-refractivity contribution is -0.138. The SMILES string of the molecule is O=C(O)C(Nc1nc(=NC2CC2)n2ncc(=Cc3[nH]c(=O)[nH]c3O)c2n1)c1ccccc1. The minimum Gasteiger partial charge on any atom is -0.493 e. The van der Waals surface area contributed by atoms with Gasteiger partial charge >= 0.3 is 11.7 Å². The molecule has 1 aliphatic rings. The smallest absolute Gasteiger partial charge is 0.330 e. The Balaban J connectivity index is 1.65. The normalized spacial score (nSPS) is 15.9. The first kappa shape index (κ1) is 19.5. The van der Waals surface area contributed by atoms with Crippen LogP contribution in [-0.4, -0.2) is 51.8 Å². The molecule has 4 aromatic rings. The number of nitrogens with one attached hydrogen (secondary N) is 3. The lowest BCUT2D eigenvalue weighted by Crippen LogP contribution is -2.28. The number of anilines is 1. The first-order chi connectivity index (χ1) is 15.5. The lowest BCUT2D eigenvalue weighted by atomic mass is 10.1. The van der Waals surface area contributed by atoms with Crippen molar-refractivity contribution < 1.29 is 15.0 Å². The van der Waals surface area contributed by atoms with Crippen molar-refractivity contribution in [3.05, 3.63) is 69.1 Å². The van der Waals surface area contributed by atoms with Gasteiger partial charge in [-0.1, -0.05) is 30.3 Å². The van der Waals surface area contributed by atoms with Gasteiger partial charge in [0.1, 0.15) is 5.69 Å². The summed E-state index contributed by atoms with van der Waals surface area (Å²) in [4.78, 5) is 41.5. The van der Waals surface area contributed by atoms with E-state index in [1.807, 2.05) is 0 Å². The van der Waals surface area contributed by atoms with Crippen LogP contribution in [-0.2, 0) is 4.79 Å². The van der Waals surface area contributed by atoms with Gasteiger partial charge in [-0.05, 0) is 24.5 Å². The van der Waals surface area contributed by atoms with Crippen LogP contribution < -0.4 is 21.8 Å². The van der Waals surface area contributed by atoms with Crippen LogP contribution in [0, 0.1) is 0 Å². The molecular weight excluding hydrogens is 416 g/mol. The van der Waals surface area contributed by atoms with E-state index in [4.69, 9.17) is 0 Å². The Morgan fingerprint density at radius 3 is 2.69 bits per heavy atom. The molecule has 12 heteroatoms. The topological polar surface area (TPSA) is 174 Å². The summed E-state index contributed by atoms with van der Waals surface area (Å²) in [5.41, 5.74) is 0.758. The fourth-order valence-electron chi connectivity index (χ4n) is 3.21. The molecule has 1 aromatic carbocycles. The number of carbonyl (C=O) groups is 1. The minimum atomic E-state index is -1.09. The van der Waals surface area contributed by atoms with Gasteiger partial charge < -0.3 is 20.5 Å². The first-order valence-corrected chi connectivity index (χ1v) is 9.85. The van der Waals surface area contributed by atoms with Crippen LogP contribution in [0.1, 0.15) is 30.1 Å². The number of H-pyrrole nitrogens is 2. The highest BCUT2D eigenvalue weighted by Crippen LogP contribution is 2.22. The summed E-state index contributed by atoms with van der Waals surface area (Å²) < 4.78 is 1.44. The number of rotatable bonds is 6. The maximum absolute atomic E-state index is 11.9. The maximum Gasteiger partial charge on any atom is 0.330 e. The molecule has 12 nitrogen and oxygen atoms in total. The number of hydrogen-bond acceptors (Lipinski definition) is 8. The number of aromatic amines is 2. The van der Waals surface area contributed by atoms with Crippen molar-refractivity contribution in [3.8, 4) is 5.88 Å². The van der Waals surface area contributed by atoms with Crippen molar-refractivity contribution in [1.29, 1.82) is 0 Å². The molecule has 3 aromatic heterocycles. The molecule has 1 fully saturated rings. The van der Waals surface area contributed by atoms with E-state index in [-0.39, 0.29) is 29.2 Å². The molecule has 5 N–H and O–H groups in total. The van der Waals surface area contributed by atoms with Crippen molar-refractivity contribution in [2.24, 2.45) is 4.99 Å². The van der Waals surface area contributed by atoms with E-state index in [2.05, 4.69) is 35.3 Å². The second-order valence-corrected chi connectivity index (χ2v) is 7.35. The molecule has 1 saturated carbocycles. The van der Waals surface area contributed by atoms with E-state index in [9.17, 15) is 19.8 Å². The van der Waals surface area contributed by atoms with E-state index >= 15 is 0 Å². The highest BCUT2D eigenvalue weighted by Gasteiger charge is 2.23. The Labute approximate surface area is 179 Å². The van der Waals surface area contributed by atoms with Gasteiger partial charge in [0.2, 0.25) is 11.8 Å². The summed E-state index contributed by atoms with van der Waals surface area (Å²) >= 11 is 0. The zero-order valence-electron chi connectivity index (χ0n) is 16.6. The highest BCUT2D eigenvalue weighted by atomic mass is 16.4. The van der Waals surface area contributed by atoms with Gasteiger partial charge in [-0.25, -0.2) is 14.6 Å². The molecule has 0 bridgehead atoms. The first-order valence-electron chi connectivity index (χ1n) is 9.85. The third-order valence-corrected chi connectivity index (χ3v) is 4.91. The number of benzene rings is 1. The molecule has 162 valence electrons. The molecule has 3 heterocycles. The Kier molecular flexibility index (Phi) is 4.66. The molecule has 1 atom stereocenters. The van der Waals surface area contributed by atoms with Crippen LogP contribution in [0.3, 0.4) is 0 Å². The molecule has 0 aliphatic heterocycles. The van der Waals surface area contributed by atoms with Crippen LogP contribution in [0.25, 0.3) is 11.7 Å². The van der Waals surface area contributed by atoms with Crippen molar-refractivity contribution in [3.63, 3.8) is 0 Å². The highest BCUT2D eigenvalue weighted by molar-refractivity contribution is 5.78. The molecule has 5 rings (SSSR count). The molecule has 0 saturated heterocycles. The van der Waals surface area contributed by atoms with Gasteiger partial charge in [-0.2, -0.15) is 19.6 Å². The number of imidazole rings is 1.